The SMILES string of the molecule is C=C(C=O)CC1CC(=O)C=C2C(OC(=O)C=CC=CC(C)CC(C)CC)CCC(C(=O)O)C21C. The van der Waals surface area contributed by atoms with E-state index in [9.17, 15) is 24.3 Å². The van der Waals surface area contributed by atoms with E-state index in [2.05, 4.69) is 33.4 Å². The van der Waals surface area contributed by atoms with Crippen LogP contribution in [0.3, 0.4) is 0 Å². The van der Waals surface area contributed by atoms with Gasteiger partial charge in [-0.15, -0.1) is 0 Å². The molecule has 2 aliphatic rings. The smallest absolute Gasteiger partial charge is 0.331 e. The molecule has 6 nitrogen and oxygen atoms in total. The van der Waals surface area contributed by atoms with Crippen molar-refractivity contribution < 1.29 is 29.0 Å². The van der Waals surface area contributed by atoms with Gasteiger partial charge in [0.2, 0.25) is 0 Å². The number of ketones is 1. The second-order valence-electron chi connectivity index (χ2n) is 10.1. The summed E-state index contributed by atoms with van der Waals surface area (Å²) < 4.78 is 5.71. The number of carbonyl (C=O) groups excluding carboxylic acids is 3. The van der Waals surface area contributed by atoms with Crippen molar-refractivity contribution in [3.8, 4) is 0 Å². The summed E-state index contributed by atoms with van der Waals surface area (Å²) in [6.45, 7) is 12.1. The van der Waals surface area contributed by atoms with Gasteiger partial charge < -0.3 is 9.84 Å². The van der Waals surface area contributed by atoms with E-state index in [0.717, 1.165) is 12.8 Å². The lowest BCUT2D eigenvalue weighted by atomic mass is 9.53. The van der Waals surface area contributed by atoms with Gasteiger partial charge in [-0.3, -0.25) is 14.4 Å². The van der Waals surface area contributed by atoms with Gasteiger partial charge in [0.1, 0.15) is 12.4 Å². The van der Waals surface area contributed by atoms with Crippen molar-refractivity contribution in [3.05, 3.63) is 48.1 Å². The van der Waals surface area contributed by atoms with Crippen LogP contribution in [0.1, 0.15) is 66.2 Å². The summed E-state index contributed by atoms with van der Waals surface area (Å²) in [5.41, 5.74) is -0.0597. The Balaban J connectivity index is 2.18. The van der Waals surface area contributed by atoms with Gasteiger partial charge in [-0.25, -0.2) is 4.79 Å². The first kappa shape index (κ1) is 27.5. The predicted molar refractivity (Wildman–Crippen MR) is 131 cm³/mol. The molecule has 0 radical (unpaired) electrons. The van der Waals surface area contributed by atoms with E-state index < -0.39 is 35.3 Å². The van der Waals surface area contributed by atoms with Gasteiger partial charge in [0, 0.05) is 17.9 Å². The van der Waals surface area contributed by atoms with E-state index in [1.807, 2.05) is 13.0 Å². The van der Waals surface area contributed by atoms with Crippen LogP contribution in [-0.4, -0.2) is 35.2 Å². The lowest BCUT2D eigenvalue weighted by Crippen LogP contribution is -2.51. The molecule has 0 amide bonds. The van der Waals surface area contributed by atoms with E-state index in [1.165, 1.54) is 12.2 Å². The van der Waals surface area contributed by atoms with E-state index >= 15 is 0 Å². The summed E-state index contributed by atoms with van der Waals surface area (Å²) in [7, 11) is 0. The van der Waals surface area contributed by atoms with Crippen molar-refractivity contribution >= 4 is 24.0 Å². The lowest BCUT2D eigenvalue weighted by Gasteiger charge is -2.51. The van der Waals surface area contributed by atoms with E-state index in [0.29, 0.717) is 42.1 Å². The largest absolute Gasteiger partial charge is 0.481 e. The highest BCUT2D eigenvalue weighted by molar-refractivity contribution is 5.93. The number of ether oxygens (including phenoxy) is 1. The van der Waals surface area contributed by atoms with Gasteiger partial charge in [-0.2, -0.15) is 0 Å². The van der Waals surface area contributed by atoms with Crippen molar-refractivity contribution in [2.75, 3.05) is 0 Å². The highest BCUT2D eigenvalue weighted by atomic mass is 16.5. The van der Waals surface area contributed by atoms with Crippen LogP contribution in [0.5, 0.6) is 0 Å². The third-order valence-corrected chi connectivity index (χ3v) is 7.51. The first-order valence-electron chi connectivity index (χ1n) is 12.2. The number of carbonyl (C=O) groups is 4. The fourth-order valence-corrected chi connectivity index (χ4v) is 5.38. The van der Waals surface area contributed by atoms with Crippen molar-refractivity contribution in [1.82, 2.24) is 0 Å². The van der Waals surface area contributed by atoms with Crippen molar-refractivity contribution in [2.45, 2.75) is 72.3 Å². The molecule has 34 heavy (non-hydrogen) atoms. The van der Waals surface area contributed by atoms with Crippen LogP contribution >= 0.6 is 0 Å². The van der Waals surface area contributed by atoms with Crippen LogP contribution in [0.15, 0.2) is 48.1 Å². The van der Waals surface area contributed by atoms with Crippen LogP contribution in [-0.2, 0) is 23.9 Å². The maximum Gasteiger partial charge on any atom is 0.331 e. The minimum atomic E-state index is -0.953. The maximum atomic E-state index is 12.5. The topological polar surface area (TPSA) is 97.7 Å². The summed E-state index contributed by atoms with van der Waals surface area (Å²) in [6, 6.07) is 0. The number of esters is 1. The first-order valence-corrected chi connectivity index (χ1v) is 12.2. The molecule has 6 unspecified atom stereocenters. The molecule has 0 bridgehead atoms. The fourth-order valence-electron chi connectivity index (χ4n) is 5.38. The van der Waals surface area contributed by atoms with Crippen molar-refractivity contribution in [1.29, 1.82) is 0 Å². The average Bonchev–Trinajstić information content (AvgIpc) is 2.77. The van der Waals surface area contributed by atoms with Gasteiger partial charge in [-0.05, 0) is 60.7 Å². The molecule has 0 spiro atoms. The monoisotopic (exact) mass is 470 g/mol. The van der Waals surface area contributed by atoms with Crippen molar-refractivity contribution in [3.63, 3.8) is 0 Å². The Morgan fingerprint density at radius 2 is 2.00 bits per heavy atom. The maximum absolute atomic E-state index is 12.5. The summed E-state index contributed by atoms with van der Waals surface area (Å²) in [4.78, 5) is 48.3. The Kier molecular flexibility index (Phi) is 9.77. The van der Waals surface area contributed by atoms with Crippen LogP contribution < -0.4 is 0 Å². The molecule has 6 atom stereocenters. The Morgan fingerprint density at radius 3 is 2.62 bits per heavy atom. The molecule has 0 saturated heterocycles. The summed E-state index contributed by atoms with van der Waals surface area (Å²) in [5, 5.41) is 9.91. The molecule has 2 aliphatic carbocycles. The second kappa shape index (κ2) is 12.1. The summed E-state index contributed by atoms with van der Waals surface area (Å²) in [5.74, 6) is -1.74. The quantitative estimate of drug-likeness (QED) is 0.192. The minimum absolute atomic E-state index is 0.136. The average molecular weight is 471 g/mol. The van der Waals surface area contributed by atoms with Gasteiger partial charge in [-0.1, -0.05) is 58.9 Å². The first-order chi connectivity index (χ1) is 16.0. The number of carboxylic acid groups (broad SMARTS) is 1. The van der Waals surface area contributed by atoms with Crippen LogP contribution in [0.4, 0.5) is 0 Å². The van der Waals surface area contributed by atoms with Crippen LogP contribution in [0, 0.1) is 29.1 Å². The molecule has 1 N–H and O–H groups in total. The number of hydrogen-bond donors (Lipinski definition) is 1. The second-order valence-corrected chi connectivity index (χ2v) is 10.1. The van der Waals surface area contributed by atoms with E-state index in [1.54, 1.807) is 6.08 Å². The third kappa shape index (κ3) is 6.64. The standard InChI is InChI=1S/C28H38O6/c1-6-18(2)13-19(3)9-7-8-10-26(31)34-25-12-11-23(27(32)33)28(5)21(14-20(4)17-29)15-22(30)16-24(25)28/h7-10,16-19,21,23,25H,4,6,11-15H2,1-3,5H3,(H,32,33). The third-order valence-electron chi connectivity index (χ3n) is 7.51. The summed E-state index contributed by atoms with van der Waals surface area (Å²) >= 11 is 0. The molecule has 0 aromatic rings. The number of aliphatic carboxylic acids is 1. The Hall–Kier alpha value is -2.76. The fraction of sp³-hybridized carbons (Fsp3) is 0.571. The van der Waals surface area contributed by atoms with Gasteiger partial charge in [0.15, 0.2) is 5.78 Å². The highest BCUT2D eigenvalue weighted by Gasteiger charge is 2.55. The van der Waals surface area contributed by atoms with Crippen LogP contribution in [0.2, 0.25) is 0 Å². The van der Waals surface area contributed by atoms with Gasteiger partial charge >= 0.3 is 11.9 Å². The molecule has 186 valence electrons. The zero-order valence-corrected chi connectivity index (χ0v) is 20.8. The summed E-state index contributed by atoms with van der Waals surface area (Å²) in [6.07, 6.45) is 11.5. The Labute approximate surface area is 202 Å². The van der Waals surface area contributed by atoms with Gasteiger partial charge in [0.25, 0.3) is 0 Å². The zero-order chi connectivity index (χ0) is 25.5. The molecular weight excluding hydrogens is 432 g/mol. The number of carboxylic acids is 1. The lowest BCUT2D eigenvalue weighted by molar-refractivity contribution is -0.154. The molecule has 0 aromatic heterocycles. The van der Waals surface area contributed by atoms with E-state index in [4.69, 9.17) is 4.74 Å². The number of rotatable bonds is 11. The molecule has 1 saturated carbocycles. The zero-order valence-electron chi connectivity index (χ0n) is 20.8. The predicted octanol–water partition coefficient (Wildman–Crippen LogP) is 5.24. The number of fused-ring (bicyclic) bond motifs is 1. The number of hydrogen-bond acceptors (Lipinski definition) is 5. The van der Waals surface area contributed by atoms with Crippen LogP contribution in [0.25, 0.3) is 0 Å². The highest BCUT2D eigenvalue weighted by Crippen LogP contribution is 2.55. The minimum Gasteiger partial charge on any atom is -0.481 e. The van der Waals surface area contributed by atoms with E-state index in [-0.39, 0.29) is 18.6 Å². The molecule has 0 aromatic carbocycles. The molecule has 0 aliphatic heterocycles. The molecule has 2 rings (SSSR count). The van der Waals surface area contributed by atoms with Gasteiger partial charge in [0.05, 0.1) is 5.92 Å². The Morgan fingerprint density at radius 1 is 1.29 bits per heavy atom. The normalized spacial score (nSPS) is 28.8. The number of allylic oxidation sites excluding steroid dienone is 5. The molecular formula is C28H38O6. The van der Waals surface area contributed by atoms with Crippen molar-refractivity contribution in [2.24, 2.45) is 29.1 Å². The molecule has 6 heteroatoms. The molecule has 1 fully saturated rings. The molecule has 0 heterocycles. The Bertz CT molecular complexity index is 895. The number of aldehydes is 1.